The summed E-state index contributed by atoms with van der Waals surface area (Å²) in [6.07, 6.45) is 1.15. The molecular weight excluding hydrogens is 380 g/mol. The van der Waals surface area contributed by atoms with E-state index in [2.05, 4.69) is 5.32 Å². The second kappa shape index (κ2) is 8.88. The minimum atomic E-state index is -0.550. The van der Waals surface area contributed by atoms with Gasteiger partial charge < -0.3 is 19.7 Å². The Morgan fingerprint density at radius 1 is 1.14 bits per heavy atom. The van der Waals surface area contributed by atoms with Crippen molar-refractivity contribution in [3.05, 3.63) is 46.2 Å². The largest absolute Gasteiger partial charge is 0.497 e. The molecule has 1 N–H and O–H groups in total. The number of esters is 1. The number of likely N-dealkylation sites (tertiary alicyclic amines) is 1. The highest BCUT2D eigenvalue weighted by Crippen LogP contribution is 2.26. The zero-order chi connectivity index (χ0) is 20.1. The first-order valence-corrected chi connectivity index (χ1v) is 9.81. The molecule has 1 saturated heterocycles. The molecule has 3 rings (SSSR count). The predicted molar refractivity (Wildman–Crippen MR) is 106 cm³/mol. The molecule has 8 heteroatoms. The number of nitrogens with one attached hydrogen (secondary N) is 1. The molecule has 0 spiro atoms. The van der Waals surface area contributed by atoms with Crippen molar-refractivity contribution in [3.8, 4) is 5.75 Å². The molecule has 0 saturated carbocycles. The van der Waals surface area contributed by atoms with Gasteiger partial charge in [-0.05, 0) is 42.5 Å². The van der Waals surface area contributed by atoms with Crippen LogP contribution < -0.4 is 10.1 Å². The summed E-state index contributed by atoms with van der Waals surface area (Å²) in [4.78, 5) is 39.6. The number of hydrogen-bond acceptors (Lipinski definition) is 6. The molecular formula is C20H22N2O5S. The lowest BCUT2D eigenvalue weighted by atomic mass is 9.95. The Hall–Kier alpha value is -2.87. The predicted octanol–water partition coefficient (Wildman–Crippen LogP) is 3.03. The molecule has 1 aliphatic rings. The number of carbonyl (C=O) groups is 3. The summed E-state index contributed by atoms with van der Waals surface area (Å²) in [5.41, 5.74) is 0.621. The molecule has 1 aromatic carbocycles. The lowest BCUT2D eigenvalue weighted by Crippen LogP contribution is -2.41. The second-order valence-electron chi connectivity index (χ2n) is 6.44. The van der Waals surface area contributed by atoms with Crippen LogP contribution in [0.1, 0.15) is 32.9 Å². The first-order valence-electron chi connectivity index (χ1n) is 8.93. The Kier molecular flexibility index (Phi) is 6.30. The summed E-state index contributed by atoms with van der Waals surface area (Å²) in [7, 11) is 2.79. The van der Waals surface area contributed by atoms with E-state index in [9.17, 15) is 14.4 Å². The standard InChI is InChI=1S/C20H22N2O5S/c1-26-14-5-6-16(15(12-14)20(25)27-2)21-18(23)13-7-9-22(10-8-13)19(24)17-4-3-11-28-17/h3-6,11-13H,7-10H2,1-2H3,(H,21,23). The Balaban J connectivity index is 1.63. The number of thiophene rings is 1. The number of hydrogen-bond donors (Lipinski definition) is 1. The SMILES string of the molecule is COC(=O)c1cc(OC)ccc1NC(=O)C1CCN(C(=O)c2cccs2)CC1. The van der Waals surface area contributed by atoms with Crippen molar-refractivity contribution in [2.45, 2.75) is 12.8 Å². The van der Waals surface area contributed by atoms with Gasteiger partial charge in [0.15, 0.2) is 0 Å². The Morgan fingerprint density at radius 2 is 1.89 bits per heavy atom. The molecule has 0 radical (unpaired) electrons. The first-order chi connectivity index (χ1) is 13.5. The third-order valence-electron chi connectivity index (χ3n) is 4.77. The van der Waals surface area contributed by atoms with Crippen molar-refractivity contribution >= 4 is 34.8 Å². The number of benzene rings is 1. The van der Waals surface area contributed by atoms with Crippen LogP contribution in [0.3, 0.4) is 0 Å². The quantitative estimate of drug-likeness (QED) is 0.777. The summed E-state index contributed by atoms with van der Waals surface area (Å²) in [6, 6.07) is 8.49. The number of carbonyl (C=O) groups excluding carboxylic acids is 3. The van der Waals surface area contributed by atoms with E-state index in [1.165, 1.54) is 31.6 Å². The average Bonchev–Trinajstić information content (AvgIpc) is 3.28. The minimum Gasteiger partial charge on any atom is -0.497 e. The lowest BCUT2D eigenvalue weighted by molar-refractivity contribution is -0.121. The molecule has 1 aromatic heterocycles. The average molecular weight is 402 g/mol. The summed E-state index contributed by atoms with van der Waals surface area (Å²) < 4.78 is 9.92. The zero-order valence-electron chi connectivity index (χ0n) is 15.8. The number of methoxy groups -OCH3 is 2. The molecule has 0 bridgehead atoms. The smallest absolute Gasteiger partial charge is 0.340 e. The van der Waals surface area contributed by atoms with Crippen molar-refractivity contribution in [3.63, 3.8) is 0 Å². The van der Waals surface area contributed by atoms with Crippen LogP contribution in [-0.2, 0) is 9.53 Å². The van der Waals surface area contributed by atoms with Crippen molar-refractivity contribution in [2.24, 2.45) is 5.92 Å². The minimum absolute atomic E-state index is 0.0111. The van der Waals surface area contributed by atoms with Crippen molar-refractivity contribution in [2.75, 3.05) is 32.6 Å². The van der Waals surface area contributed by atoms with E-state index in [1.54, 1.807) is 17.0 Å². The number of anilines is 1. The fraction of sp³-hybridized carbons (Fsp3) is 0.350. The van der Waals surface area contributed by atoms with E-state index in [0.29, 0.717) is 42.2 Å². The number of rotatable bonds is 5. The van der Waals surface area contributed by atoms with E-state index in [-0.39, 0.29) is 23.3 Å². The van der Waals surface area contributed by atoms with Crippen molar-refractivity contribution in [1.82, 2.24) is 4.90 Å². The molecule has 0 aliphatic carbocycles. The van der Waals surface area contributed by atoms with Gasteiger partial charge in [0, 0.05) is 19.0 Å². The van der Waals surface area contributed by atoms with E-state index >= 15 is 0 Å². The number of amides is 2. The molecule has 0 unspecified atom stereocenters. The second-order valence-corrected chi connectivity index (χ2v) is 7.38. The van der Waals surface area contributed by atoms with E-state index in [1.807, 2.05) is 17.5 Å². The third-order valence-corrected chi connectivity index (χ3v) is 5.63. The van der Waals surface area contributed by atoms with Gasteiger partial charge in [-0.15, -0.1) is 11.3 Å². The maximum Gasteiger partial charge on any atom is 0.340 e. The van der Waals surface area contributed by atoms with Crippen LogP contribution in [0.2, 0.25) is 0 Å². The molecule has 7 nitrogen and oxygen atoms in total. The number of ether oxygens (including phenoxy) is 2. The highest BCUT2D eigenvalue weighted by atomic mass is 32.1. The summed E-state index contributed by atoms with van der Waals surface area (Å²) in [6.45, 7) is 1.06. The van der Waals surface area contributed by atoms with Crippen LogP contribution in [0.5, 0.6) is 5.75 Å². The molecule has 0 atom stereocenters. The Bertz CT molecular complexity index is 857. The van der Waals surface area contributed by atoms with Crippen LogP contribution in [0.25, 0.3) is 0 Å². The molecule has 1 aliphatic heterocycles. The van der Waals surface area contributed by atoms with Crippen LogP contribution >= 0.6 is 11.3 Å². The van der Waals surface area contributed by atoms with Gasteiger partial charge in [-0.25, -0.2) is 4.79 Å². The van der Waals surface area contributed by atoms with Gasteiger partial charge in [0.2, 0.25) is 5.91 Å². The molecule has 148 valence electrons. The fourth-order valence-electron chi connectivity index (χ4n) is 3.17. The fourth-order valence-corrected chi connectivity index (χ4v) is 3.86. The van der Waals surface area contributed by atoms with Crippen molar-refractivity contribution in [1.29, 1.82) is 0 Å². The number of piperidine rings is 1. The van der Waals surface area contributed by atoms with Crippen LogP contribution in [0, 0.1) is 5.92 Å². The van der Waals surface area contributed by atoms with Gasteiger partial charge in [-0.3, -0.25) is 9.59 Å². The van der Waals surface area contributed by atoms with Gasteiger partial charge in [-0.1, -0.05) is 6.07 Å². The van der Waals surface area contributed by atoms with Crippen LogP contribution in [0.15, 0.2) is 35.7 Å². The Morgan fingerprint density at radius 3 is 2.50 bits per heavy atom. The maximum atomic E-state index is 12.7. The first kappa shape index (κ1) is 19.9. The van der Waals surface area contributed by atoms with Gasteiger partial charge in [-0.2, -0.15) is 0 Å². The molecule has 2 amide bonds. The Labute approximate surface area is 167 Å². The zero-order valence-corrected chi connectivity index (χ0v) is 16.6. The molecule has 2 aromatic rings. The van der Waals surface area contributed by atoms with E-state index < -0.39 is 5.97 Å². The third kappa shape index (κ3) is 4.33. The van der Waals surface area contributed by atoms with Crippen LogP contribution in [-0.4, -0.2) is 50.0 Å². The highest BCUT2D eigenvalue weighted by Gasteiger charge is 2.29. The van der Waals surface area contributed by atoms with Gasteiger partial charge in [0.25, 0.3) is 5.91 Å². The normalized spacial score (nSPS) is 14.4. The topological polar surface area (TPSA) is 84.9 Å². The van der Waals surface area contributed by atoms with Gasteiger partial charge >= 0.3 is 5.97 Å². The highest BCUT2D eigenvalue weighted by molar-refractivity contribution is 7.12. The van der Waals surface area contributed by atoms with Gasteiger partial charge in [0.1, 0.15) is 5.75 Å². The summed E-state index contributed by atoms with van der Waals surface area (Å²) in [5, 5.41) is 4.70. The van der Waals surface area contributed by atoms with E-state index in [0.717, 1.165) is 0 Å². The molecule has 28 heavy (non-hydrogen) atoms. The molecule has 2 heterocycles. The summed E-state index contributed by atoms with van der Waals surface area (Å²) in [5.74, 6) is -0.431. The van der Waals surface area contributed by atoms with Crippen molar-refractivity contribution < 1.29 is 23.9 Å². The molecule has 1 fully saturated rings. The number of nitrogens with zero attached hydrogens (tertiary/aromatic N) is 1. The maximum absolute atomic E-state index is 12.7. The lowest BCUT2D eigenvalue weighted by Gasteiger charge is -2.31. The van der Waals surface area contributed by atoms with Crippen LogP contribution in [0.4, 0.5) is 5.69 Å². The summed E-state index contributed by atoms with van der Waals surface area (Å²) >= 11 is 1.42. The monoisotopic (exact) mass is 402 g/mol. The van der Waals surface area contributed by atoms with Gasteiger partial charge in [0.05, 0.1) is 30.3 Å². The van der Waals surface area contributed by atoms with E-state index in [4.69, 9.17) is 9.47 Å².